The monoisotopic (exact) mass is 600 g/mol. The average molecular weight is 601 g/mol. The van der Waals surface area contributed by atoms with Crippen LogP contribution in [-0.2, 0) is 42.1 Å². The number of aliphatic hydroxyl groups is 1. The van der Waals surface area contributed by atoms with Crippen LogP contribution in [0.4, 0.5) is 0 Å². The summed E-state index contributed by atoms with van der Waals surface area (Å²) in [4.78, 5) is 12.2. The van der Waals surface area contributed by atoms with Crippen molar-refractivity contribution in [3.05, 3.63) is 12.0 Å². The summed E-state index contributed by atoms with van der Waals surface area (Å²) < 4.78 is 49.9. The number of carbonyl (C=O) groups excluding carboxylic acids is 1. The molecule has 0 bridgehead atoms. The summed E-state index contributed by atoms with van der Waals surface area (Å²) >= 11 is 0. The summed E-state index contributed by atoms with van der Waals surface area (Å²) in [7, 11) is -0.982. The van der Waals surface area contributed by atoms with E-state index in [2.05, 4.69) is 27.7 Å². The molecule has 0 aromatic heterocycles. The molecular weight excluding hydrogens is 548 g/mol. The molecule has 3 saturated heterocycles. The van der Waals surface area contributed by atoms with Crippen LogP contribution in [0.15, 0.2) is 12.0 Å². The molecule has 0 unspecified atom stereocenters. The summed E-state index contributed by atoms with van der Waals surface area (Å²) in [6.07, 6.45) is 0.164. The highest BCUT2D eigenvalue weighted by molar-refractivity contribution is 6.70. The van der Waals surface area contributed by atoms with Gasteiger partial charge in [0.2, 0.25) is 5.79 Å². The molecule has 10 nitrogen and oxygen atoms in total. The molecule has 0 radical (unpaired) electrons. The van der Waals surface area contributed by atoms with Crippen molar-refractivity contribution in [1.29, 1.82) is 0 Å². The fraction of sp³-hybridized carbons (Fsp3) is 0.900. The van der Waals surface area contributed by atoms with Gasteiger partial charge in [-0.25, -0.2) is 0 Å². The lowest BCUT2D eigenvalue weighted by Gasteiger charge is -2.47. The molecule has 0 aromatic rings. The quantitative estimate of drug-likeness (QED) is 0.279. The number of aliphatic hydroxyl groups excluding tert-OH is 1. The highest BCUT2D eigenvalue weighted by Crippen LogP contribution is 2.45. The van der Waals surface area contributed by atoms with Crippen molar-refractivity contribution < 1.29 is 47.2 Å². The largest absolute Gasteiger partial charge is 0.465 e. The number of ether oxygens (including phenoxy) is 6. The third-order valence-electron chi connectivity index (χ3n) is 8.63. The zero-order chi connectivity index (χ0) is 30.3. The van der Waals surface area contributed by atoms with Gasteiger partial charge in [0.1, 0.15) is 42.5 Å². The van der Waals surface area contributed by atoms with Gasteiger partial charge in [-0.2, -0.15) is 0 Å². The standard InChI is InChI=1S/C30H52O10Si/c1-17(2)41(33-10,18(3)4)40-25-22(15-20-16-35-30(8,9)39-20)38-26-23(31)24-21(37-27(25)26)12-11-19(36-24)13-14-34-28(32)29(5,6)7/h16-19,21-27,31H,11-15H2,1-10H3/t19-,21+,22-,23+,24+,25+,26+,27+/m1/s1. The van der Waals surface area contributed by atoms with E-state index in [-0.39, 0.29) is 35.9 Å². The molecule has 4 rings (SSSR count). The third kappa shape index (κ3) is 6.97. The van der Waals surface area contributed by atoms with E-state index in [9.17, 15) is 9.90 Å². The highest BCUT2D eigenvalue weighted by atomic mass is 28.4. The fourth-order valence-electron chi connectivity index (χ4n) is 6.46. The molecule has 0 spiro atoms. The average Bonchev–Trinajstić information content (AvgIpc) is 3.40. The number of esters is 1. The minimum Gasteiger partial charge on any atom is -0.465 e. The van der Waals surface area contributed by atoms with Crippen LogP contribution in [0, 0.1) is 5.41 Å². The number of hydrogen-bond acceptors (Lipinski definition) is 10. The summed E-state index contributed by atoms with van der Waals surface area (Å²) in [5, 5.41) is 11.6. The molecule has 0 amide bonds. The first kappa shape index (κ1) is 32.7. The second-order valence-corrected chi connectivity index (χ2v) is 18.4. The van der Waals surface area contributed by atoms with Crippen molar-refractivity contribution in [1.82, 2.24) is 0 Å². The summed E-state index contributed by atoms with van der Waals surface area (Å²) in [5.41, 5.74) is -0.182. The first-order valence-corrected chi connectivity index (χ1v) is 17.2. The molecule has 0 aromatic carbocycles. The molecule has 8 atom stereocenters. The zero-order valence-corrected chi connectivity index (χ0v) is 27.5. The van der Waals surface area contributed by atoms with E-state index in [0.717, 1.165) is 12.8 Å². The molecule has 11 heteroatoms. The van der Waals surface area contributed by atoms with Gasteiger partial charge in [-0.15, -0.1) is 0 Å². The van der Waals surface area contributed by atoms with Crippen molar-refractivity contribution in [2.45, 2.75) is 154 Å². The molecular formula is C30H52O10Si. The molecule has 3 fully saturated rings. The van der Waals surface area contributed by atoms with E-state index in [1.165, 1.54) is 0 Å². The first-order valence-electron chi connectivity index (χ1n) is 15.2. The number of rotatable bonds is 10. The van der Waals surface area contributed by atoms with Crippen molar-refractivity contribution in [2.75, 3.05) is 13.7 Å². The van der Waals surface area contributed by atoms with E-state index in [0.29, 0.717) is 18.6 Å². The number of carbonyl (C=O) groups is 1. The Bertz CT molecular complexity index is 936. The molecule has 4 heterocycles. The molecule has 0 saturated carbocycles. The number of fused-ring (bicyclic) bond motifs is 2. The van der Waals surface area contributed by atoms with Gasteiger partial charge in [-0.05, 0) is 44.7 Å². The van der Waals surface area contributed by atoms with E-state index in [4.69, 9.17) is 37.3 Å². The maximum atomic E-state index is 12.2. The van der Waals surface area contributed by atoms with Crippen molar-refractivity contribution in [3.8, 4) is 0 Å². The van der Waals surface area contributed by atoms with Crippen molar-refractivity contribution in [2.24, 2.45) is 5.41 Å². The lowest BCUT2D eigenvalue weighted by atomic mass is 9.88. The van der Waals surface area contributed by atoms with Gasteiger partial charge in [-0.3, -0.25) is 4.79 Å². The normalized spacial score (nSPS) is 35.0. The van der Waals surface area contributed by atoms with E-state index in [1.54, 1.807) is 13.4 Å². The predicted octanol–water partition coefficient (Wildman–Crippen LogP) is 4.72. The Morgan fingerprint density at radius 1 is 1.07 bits per heavy atom. The van der Waals surface area contributed by atoms with Gasteiger partial charge in [0, 0.05) is 33.8 Å². The second-order valence-electron chi connectivity index (χ2n) is 14.0. The molecule has 236 valence electrons. The smallest absolute Gasteiger partial charge is 0.343 e. The molecule has 4 aliphatic rings. The summed E-state index contributed by atoms with van der Waals surface area (Å²) in [5.74, 6) is -0.313. The maximum absolute atomic E-state index is 12.2. The van der Waals surface area contributed by atoms with Crippen molar-refractivity contribution in [3.63, 3.8) is 0 Å². The van der Waals surface area contributed by atoms with Crippen LogP contribution in [0.3, 0.4) is 0 Å². The van der Waals surface area contributed by atoms with E-state index >= 15 is 0 Å². The predicted molar refractivity (Wildman–Crippen MR) is 153 cm³/mol. The van der Waals surface area contributed by atoms with Crippen LogP contribution in [0.5, 0.6) is 0 Å². The maximum Gasteiger partial charge on any atom is 0.343 e. The Kier molecular flexibility index (Phi) is 9.90. The number of hydrogen-bond donors (Lipinski definition) is 1. The van der Waals surface area contributed by atoms with Gasteiger partial charge >= 0.3 is 14.5 Å². The fourth-order valence-corrected chi connectivity index (χ4v) is 10.1. The Morgan fingerprint density at radius 2 is 1.76 bits per heavy atom. The van der Waals surface area contributed by atoms with Gasteiger partial charge < -0.3 is 42.4 Å². The minimum absolute atomic E-state index is 0.144. The lowest BCUT2D eigenvalue weighted by Crippen LogP contribution is -2.62. The third-order valence-corrected chi connectivity index (χ3v) is 13.1. The summed E-state index contributed by atoms with van der Waals surface area (Å²) in [6.45, 7) is 18.0. The zero-order valence-electron chi connectivity index (χ0n) is 26.5. The topological polar surface area (TPSA) is 111 Å². The molecule has 1 N–H and O–H groups in total. The Balaban J connectivity index is 1.50. The lowest BCUT2D eigenvalue weighted by molar-refractivity contribution is -0.260. The van der Waals surface area contributed by atoms with Crippen LogP contribution in [0.1, 0.15) is 88.0 Å². The van der Waals surface area contributed by atoms with Gasteiger partial charge in [-0.1, -0.05) is 27.7 Å². The van der Waals surface area contributed by atoms with Crippen LogP contribution in [-0.4, -0.2) is 88.0 Å². The Morgan fingerprint density at radius 3 is 2.32 bits per heavy atom. The molecule has 0 aliphatic carbocycles. The molecule has 4 aliphatic heterocycles. The minimum atomic E-state index is -2.71. The van der Waals surface area contributed by atoms with Gasteiger partial charge in [0.15, 0.2) is 0 Å². The second kappa shape index (κ2) is 12.4. The van der Waals surface area contributed by atoms with E-state index < -0.39 is 56.4 Å². The molecule has 41 heavy (non-hydrogen) atoms. The van der Waals surface area contributed by atoms with Crippen LogP contribution >= 0.6 is 0 Å². The van der Waals surface area contributed by atoms with Crippen LogP contribution in [0.25, 0.3) is 0 Å². The van der Waals surface area contributed by atoms with Gasteiger partial charge in [0.05, 0.1) is 30.3 Å². The van der Waals surface area contributed by atoms with Crippen LogP contribution < -0.4 is 0 Å². The van der Waals surface area contributed by atoms with Gasteiger partial charge in [0.25, 0.3) is 0 Å². The summed E-state index contributed by atoms with van der Waals surface area (Å²) in [6, 6.07) is 0. The van der Waals surface area contributed by atoms with Crippen LogP contribution in [0.2, 0.25) is 11.1 Å². The highest BCUT2D eigenvalue weighted by Gasteiger charge is 2.60. The SMILES string of the molecule is CO[Si](O[C@@H]1[C@@H]2O[C@H]3CC[C@H](CCOC(=O)C(C)(C)C)O[C@@H]3[C@H](O)[C@@H]2O[C@@H]1CC1=COC(C)(C)O1)(C(C)C)C(C)C. The van der Waals surface area contributed by atoms with E-state index in [1.807, 2.05) is 34.6 Å². The Labute approximate surface area is 246 Å². The first-order chi connectivity index (χ1) is 19.1. The van der Waals surface area contributed by atoms with Crippen molar-refractivity contribution >= 4 is 14.5 Å². The Hall–Kier alpha value is -1.21.